The van der Waals surface area contributed by atoms with E-state index in [-0.39, 0.29) is 26.1 Å². The Morgan fingerprint density at radius 1 is 1.35 bits per heavy atom. The summed E-state index contributed by atoms with van der Waals surface area (Å²) in [5.41, 5.74) is -2.55. The summed E-state index contributed by atoms with van der Waals surface area (Å²) in [5.74, 6) is -0.442. The molecule has 3 fully saturated rings. The third-order valence-corrected chi connectivity index (χ3v) is 8.03. The molecule has 2 saturated carbocycles. The average Bonchev–Trinajstić information content (AvgIpc) is 3.03. The van der Waals surface area contributed by atoms with Gasteiger partial charge in [-0.1, -0.05) is 6.92 Å². The van der Waals surface area contributed by atoms with Crippen LogP contribution in [0.1, 0.15) is 40.0 Å². The molecule has 3 aliphatic rings. The quantitative estimate of drug-likeness (QED) is 0.539. The van der Waals surface area contributed by atoms with Crippen LogP contribution < -0.4 is 0 Å². The van der Waals surface area contributed by atoms with Crippen molar-refractivity contribution in [3.05, 3.63) is 0 Å². The van der Waals surface area contributed by atoms with E-state index in [1.54, 1.807) is 13.8 Å². The van der Waals surface area contributed by atoms with Gasteiger partial charge >= 0.3 is 5.97 Å². The molecule has 23 heavy (non-hydrogen) atoms. The van der Waals surface area contributed by atoms with E-state index >= 15 is 0 Å². The molecule has 0 aromatic carbocycles. The lowest BCUT2D eigenvalue weighted by Crippen LogP contribution is -2.51. The molecule has 5 unspecified atom stereocenters. The topological polar surface area (TPSA) is 110 Å². The van der Waals surface area contributed by atoms with Crippen molar-refractivity contribution in [3.8, 4) is 0 Å². The molecule has 1 aliphatic heterocycles. The van der Waals surface area contributed by atoms with Crippen molar-refractivity contribution in [1.82, 2.24) is 0 Å². The van der Waals surface area contributed by atoms with Crippen LogP contribution in [0.2, 0.25) is 0 Å². The summed E-state index contributed by atoms with van der Waals surface area (Å²) in [5, 5.41) is 18.9. The molecular weight excluding hydrogens is 324 g/mol. The first-order valence-electron chi connectivity index (χ1n) is 7.93. The van der Waals surface area contributed by atoms with Gasteiger partial charge in [0.2, 0.25) is 0 Å². The number of rotatable bonds is 5. The minimum absolute atomic E-state index is 0.146. The maximum atomic E-state index is 12.4. The highest BCUT2D eigenvalue weighted by Gasteiger charge is 2.79. The second-order valence-corrected chi connectivity index (χ2v) is 9.60. The second-order valence-electron chi connectivity index (χ2n) is 7.85. The lowest BCUT2D eigenvalue weighted by atomic mass is 9.77. The maximum Gasteiger partial charge on any atom is 0.311 e. The molecular formula is C15H24O7S. The Bertz CT molecular complexity index is 628. The Morgan fingerprint density at radius 2 is 2.00 bits per heavy atom. The first kappa shape index (κ1) is 17.1. The molecule has 0 amide bonds. The standard InChI is InChI=1S/C15H24O7S/c1-4-13(2,3)12(18)21-10-11-15(8-17)6-14(10,7-16)5-9(15)23(19,20)22-11/h9-11,16-17H,4-8H2,1-3H3. The SMILES string of the molecule is CCC(C)(C)C(=O)OC1C2OS(=O)(=O)C3CC1(CO)CC23CO. The van der Waals surface area contributed by atoms with Crippen molar-refractivity contribution in [2.75, 3.05) is 13.2 Å². The summed E-state index contributed by atoms with van der Waals surface area (Å²) >= 11 is 0. The summed E-state index contributed by atoms with van der Waals surface area (Å²) in [4.78, 5) is 12.4. The molecule has 1 saturated heterocycles. The van der Waals surface area contributed by atoms with Crippen LogP contribution in [0.5, 0.6) is 0 Å². The number of fused-ring (bicyclic) bond motifs is 1. The Kier molecular flexibility index (Phi) is 3.65. The monoisotopic (exact) mass is 348 g/mol. The van der Waals surface area contributed by atoms with Crippen molar-refractivity contribution < 1.29 is 32.3 Å². The lowest BCUT2D eigenvalue weighted by molar-refractivity contribution is -0.175. The molecule has 2 aliphatic carbocycles. The molecule has 2 bridgehead atoms. The Morgan fingerprint density at radius 3 is 2.52 bits per heavy atom. The molecule has 132 valence electrons. The van der Waals surface area contributed by atoms with Crippen molar-refractivity contribution in [1.29, 1.82) is 0 Å². The summed E-state index contributed by atoms with van der Waals surface area (Å²) in [7, 11) is -3.82. The molecule has 0 aromatic rings. The largest absolute Gasteiger partial charge is 0.458 e. The van der Waals surface area contributed by atoms with Gasteiger partial charge in [-0.05, 0) is 33.1 Å². The van der Waals surface area contributed by atoms with Gasteiger partial charge in [-0.2, -0.15) is 8.42 Å². The number of ether oxygens (including phenoxy) is 1. The minimum atomic E-state index is -3.82. The van der Waals surface area contributed by atoms with Crippen LogP contribution in [0.25, 0.3) is 0 Å². The van der Waals surface area contributed by atoms with Gasteiger partial charge in [-0.3, -0.25) is 8.98 Å². The number of carbonyl (C=O) groups excluding carboxylic acids is 1. The number of aliphatic hydroxyl groups excluding tert-OH is 2. The molecule has 0 aromatic heterocycles. The normalized spacial score (nSPS) is 43.8. The van der Waals surface area contributed by atoms with Gasteiger partial charge < -0.3 is 14.9 Å². The molecule has 0 radical (unpaired) electrons. The molecule has 5 atom stereocenters. The van der Waals surface area contributed by atoms with Crippen LogP contribution in [0.3, 0.4) is 0 Å². The number of aliphatic hydroxyl groups is 2. The van der Waals surface area contributed by atoms with E-state index in [4.69, 9.17) is 8.92 Å². The molecule has 2 N–H and O–H groups in total. The van der Waals surface area contributed by atoms with Gasteiger partial charge in [-0.15, -0.1) is 0 Å². The smallest absolute Gasteiger partial charge is 0.311 e. The zero-order chi connectivity index (χ0) is 17.3. The van der Waals surface area contributed by atoms with Crippen LogP contribution in [0.15, 0.2) is 0 Å². The fourth-order valence-electron chi connectivity index (χ4n) is 4.35. The van der Waals surface area contributed by atoms with Gasteiger partial charge in [0, 0.05) is 10.8 Å². The van der Waals surface area contributed by atoms with E-state index in [1.165, 1.54) is 0 Å². The third-order valence-electron chi connectivity index (χ3n) is 6.23. The van der Waals surface area contributed by atoms with Gasteiger partial charge in [0.25, 0.3) is 10.1 Å². The van der Waals surface area contributed by atoms with Crippen molar-refractivity contribution in [3.63, 3.8) is 0 Å². The molecule has 0 spiro atoms. The predicted octanol–water partition coefficient (Wildman–Crippen LogP) is 0.196. The van der Waals surface area contributed by atoms with Gasteiger partial charge in [0.1, 0.15) is 12.2 Å². The summed E-state index contributed by atoms with van der Waals surface area (Å²) < 4.78 is 35.3. The van der Waals surface area contributed by atoms with E-state index in [2.05, 4.69) is 0 Å². The van der Waals surface area contributed by atoms with E-state index in [1.807, 2.05) is 6.92 Å². The summed E-state index contributed by atoms with van der Waals surface area (Å²) in [6.07, 6.45) is -0.770. The van der Waals surface area contributed by atoms with E-state index in [0.29, 0.717) is 6.42 Å². The van der Waals surface area contributed by atoms with Gasteiger partial charge in [0.15, 0.2) is 0 Å². The van der Waals surface area contributed by atoms with Crippen LogP contribution in [-0.2, 0) is 23.8 Å². The van der Waals surface area contributed by atoms with E-state index < -0.39 is 49.8 Å². The highest BCUT2D eigenvalue weighted by molar-refractivity contribution is 7.87. The zero-order valence-electron chi connectivity index (χ0n) is 13.6. The fourth-order valence-corrected chi connectivity index (χ4v) is 6.47. The number of hydrogen-bond donors (Lipinski definition) is 2. The highest BCUT2D eigenvalue weighted by atomic mass is 32.2. The van der Waals surface area contributed by atoms with Crippen molar-refractivity contribution >= 4 is 16.1 Å². The summed E-state index contributed by atoms with van der Waals surface area (Å²) in [6.45, 7) is 4.71. The van der Waals surface area contributed by atoms with Gasteiger partial charge in [-0.25, -0.2) is 0 Å². The maximum absolute atomic E-state index is 12.4. The average molecular weight is 348 g/mol. The van der Waals surface area contributed by atoms with Gasteiger partial charge in [0.05, 0.1) is 23.9 Å². The minimum Gasteiger partial charge on any atom is -0.458 e. The molecule has 7 nitrogen and oxygen atoms in total. The molecule has 3 rings (SSSR count). The molecule has 8 heteroatoms. The summed E-state index contributed by atoms with van der Waals surface area (Å²) in [6, 6.07) is 0. The van der Waals surface area contributed by atoms with Crippen molar-refractivity contribution in [2.45, 2.75) is 57.5 Å². The Labute approximate surface area is 136 Å². The van der Waals surface area contributed by atoms with Crippen LogP contribution >= 0.6 is 0 Å². The molecule has 1 heterocycles. The van der Waals surface area contributed by atoms with Crippen LogP contribution in [0, 0.1) is 16.2 Å². The van der Waals surface area contributed by atoms with Crippen LogP contribution in [-0.4, -0.2) is 55.3 Å². The van der Waals surface area contributed by atoms with Crippen LogP contribution in [0.4, 0.5) is 0 Å². The Balaban J connectivity index is 1.98. The van der Waals surface area contributed by atoms with Crippen molar-refractivity contribution in [2.24, 2.45) is 16.2 Å². The van der Waals surface area contributed by atoms with E-state index in [0.717, 1.165) is 0 Å². The van der Waals surface area contributed by atoms with E-state index in [9.17, 15) is 23.4 Å². The number of esters is 1. The number of carbonyl (C=O) groups is 1. The third kappa shape index (κ3) is 2.04. The predicted molar refractivity (Wildman–Crippen MR) is 79.8 cm³/mol. The second kappa shape index (κ2) is 4.91. The first-order chi connectivity index (χ1) is 10.6. The highest BCUT2D eigenvalue weighted by Crippen LogP contribution is 2.68. The first-order valence-corrected chi connectivity index (χ1v) is 9.41. The fraction of sp³-hybridized carbons (Fsp3) is 0.933. The number of hydrogen-bond acceptors (Lipinski definition) is 7. The lowest BCUT2D eigenvalue weighted by Gasteiger charge is -2.37. The Hall–Kier alpha value is -0.700. The zero-order valence-corrected chi connectivity index (χ0v) is 14.4.